The quantitative estimate of drug-likeness (QED) is 0.514. The molecule has 2 rings (SSSR count). The van der Waals surface area contributed by atoms with Gasteiger partial charge in [0.15, 0.2) is 0 Å². The number of rotatable bonds is 2. The van der Waals surface area contributed by atoms with Gasteiger partial charge in [0.2, 0.25) is 0 Å². The van der Waals surface area contributed by atoms with Crippen molar-refractivity contribution in [3.05, 3.63) is 27.8 Å². The summed E-state index contributed by atoms with van der Waals surface area (Å²) >= 11 is 6.05. The number of benzene rings is 1. The van der Waals surface area contributed by atoms with Crippen LogP contribution in [0.1, 0.15) is 40.7 Å². The summed E-state index contributed by atoms with van der Waals surface area (Å²) in [6, 6.07) is 1.86. The number of carboxylic acids is 1. The molecule has 92 valence electrons. The number of halogens is 1. The van der Waals surface area contributed by atoms with Crippen LogP contribution >= 0.6 is 11.6 Å². The van der Waals surface area contributed by atoms with E-state index >= 15 is 0 Å². The Hall–Kier alpha value is -0.220. The van der Waals surface area contributed by atoms with Crippen molar-refractivity contribution < 1.29 is 44.2 Å². The first-order valence-corrected chi connectivity index (χ1v) is 6.12. The molecule has 0 saturated heterocycles. The molecule has 3 nitrogen and oxygen atoms in total. The second kappa shape index (κ2) is 6.80. The first kappa shape index (κ1) is 15.8. The number of carboxylic acid groups (broad SMARTS) is 1. The van der Waals surface area contributed by atoms with E-state index in [-0.39, 0.29) is 40.1 Å². The summed E-state index contributed by atoms with van der Waals surface area (Å²) in [5.74, 6) is -0.793. The van der Waals surface area contributed by atoms with Gasteiger partial charge in [-0.05, 0) is 42.9 Å². The van der Waals surface area contributed by atoms with Crippen LogP contribution in [0.4, 0.5) is 0 Å². The number of carbonyl (C=O) groups excluding carboxylic acids is 1. The summed E-state index contributed by atoms with van der Waals surface area (Å²) in [6.07, 6.45) is 4.81. The summed E-state index contributed by atoms with van der Waals surface area (Å²) in [7, 11) is 1.49. The largest absolute Gasteiger partial charge is 1.00 e. The van der Waals surface area contributed by atoms with Gasteiger partial charge in [-0.2, -0.15) is 0 Å². The molecule has 0 spiro atoms. The molecular formula is C13H14ClNaO3. The number of methoxy groups -OCH3 is 1. The molecule has 0 amide bonds. The first-order valence-electron chi connectivity index (χ1n) is 5.74. The molecule has 0 radical (unpaired) electrons. The Balaban J connectivity index is 0.00000162. The van der Waals surface area contributed by atoms with Crippen molar-refractivity contribution in [2.45, 2.75) is 32.1 Å². The van der Waals surface area contributed by atoms with Crippen molar-refractivity contribution in [1.82, 2.24) is 0 Å². The topological polar surface area (TPSA) is 49.4 Å². The van der Waals surface area contributed by atoms with E-state index in [0.717, 1.165) is 43.2 Å². The van der Waals surface area contributed by atoms with Crippen LogP contribution < -0.4 is 39.4 Å². The second-order valence-corrected chi connectivity index (χ2v) is 4.63. The second-order valence-electron chi connectivity index (χ2n) is 4.25. The molecule has 0 unspecified atom stereocenters. The van der Waals surface area contributed by atoms with E-state index in [1.807, 2.05) is 6.07 Å². The van der Waals surface area contributed by atoms with Crippen molar-refractivity contribution in [2.75, 3.05) is 7.11 Å². The molecule has 5 heteroatoms. The van der Waals surface area contributed by atoms with Crippen molar-refractivity contribution in [3.8, 4) is 5.75 Å². The van der Waals surface area contributed by atoms with Crippen molar-refractivity contribution in [3.63, 3.8) is 0 Å². The third kappa shape index (κ3) is 3.02. The van der Waals surface area contributed by atoms with Gasteiger partial charge in [-0.3, -0.25) is 0 Å². The number of carbonyl (C=O) groups is 1. The van der Waals surface area contributed by atoms with Gasteiger partial charge in [0.05, 0.1) is 18.1 Å². The van der Waals surface area contributed by atoms with Crippen LogP contribution in [0, 0.1) is 0 Å². The van der Waals surface area contributed by atoms with Gasteiger partial charge in [0.25, 0.3) is 0 Å². The molecule has 0 fully saturated rings. The van der Waals surface area contributed by atoms with E-state index in [4.69, 9.17) is 16.3 Å². The predicted molar refractivity (Wildman–Crippen MR) is 63.6 cm³/mol. The SMILES string of the molecule is COc1cc2c(c(C(=O)[O-])c1Cl)CCCCC2.[Na+]. The third-order valence-corrected chi connectivity index (χ3v) is 3.60. The smallest absolute Gasteiger partial charge is 0.545 e. The van der Waals surface area contributed by atoms with E-state index in [2.05, 4.69) is 0 Å². The number of ether oxygens (including phenoxy) is 1. The minimum absolute atomic E-state index is 0. The first-order chi connectivity index (χ1) is 8.15. The van der Waals surface area contributed by atoms with Crippen LogP contribution in [-0.4, -0.2) is 13.1 Å². The van der Waals surface area contributed by atoms with Gasteiger partial charge in [0, 0.05) is 5.56 Å². The molecule has 18 heavy (non-hydrogen) atoms. The van der Waals surface area contributed by atoms with Crippen molar-refractivity contribution in [2.24, 2.45) is 0 Å². The maximum Gasteiger partial charge on any atom is 1.00 e. The summed E-state index contributed by atoms with van der Waals surface area (Å²) in [5, 5.41) is 11.4. The van der Waals surface area contributed by atoms with Crippen LogP contribution in [0.25, 0.3) is 0 Å². The van der Waals surface area contributed by atoms with Gasteiger partial charge in [-0.25, -0.2) is 0 Å². The van der Waals surface area contributed by atoms with Crippen LogP contribution in [-0.2, 0) is 12.8 Å². The average molecular weight is 277 g/mol. The normalized spacial score (nSPS) is 14.1. The Labute approximate surface area is 134 Å². The summed E-state index contributed by atoms with van der Waals surface area (Å²) in [4.78, 5) is 11.2. The van der Waals surface area contributed by atoms with Crippen molar-refractivity contribution >= 4 is 17.6 Å². The number of aryl methyl sites for hydroxylation is 1. The Morgan fingerprint density at radius 2 is 2.00 bits per heavy atom. The van der Waals surface area contributed by atoms with Gasteiger partial charge in [0.1, 0.15) is 5.75 Å². The molecule has 0 aliphatic heterocycles. The van der Waals surface area contributed by atoms with Crippen LogP contribution in [0.2, 0.25) is 5.02 Å². The maximum absolute atomic E-state index is 11.2. The molecule has 0 saturated carbocycles. The predicted octanol–water partition coefficient (Wildman–Crippen LogP) is -1.01. The van der Waals surface area contributed by atoms with Crippen LogP contribution in [0.5, 0.6) is 5.75 Å². The number of hydrogen-bond acceptors (Lipinski definition) is 3. The standard InChI is InChI=1S/C13H15ClO3.Na/c1-17-10-7-8-5-3-2-4-6-9(8)11(12(10)14)13(15)16;/h7H,2-6H2,1H3,(H,15,16);/q;+1/p-1. The molecule has 1 aromatic carbocycles. The van der Waals surface area contributed by atoms with Gasteiger partial charge < -0.3 is 14.6 Å². The molecule has 1 aliphatic carbocycles. The van der Waals surface area contributed by atoms with E-state index in [0.29, 0.717) is 5.75 Å². The van der Waals surface area contributed by atoms with E-state index in [1.54, 1.807) is 0 Å². The zero-order valence-corrected chi connectivity index (χ0v) is 13.5. The Kier molecular flexibility index (Phi) is 5.99. The Bertz CT molecular complexity index is 460. The van der Waals surface area contributed by atoms with Crippen LogP contribution in [0.15, 0.2) is 6.07 Å². The Morgan fingerprint density at radius 3 is 2.61 bits per heavy atom. The fraction of sp³-hybridized carbons (Fsp3) is 0.462. The van der Waals surface area contributed by atoms with E-state index in [9.17, 15) is 9.90 Å². The number of aromatic carboxylic acids is 1. The minimum Gasteiger partial charge on any atom is -0.545 e. The maximum atomic E-state index is 11.2. The van der Waals surface area contributed by atoms with Gasteiger partial charge in [-0.15, -0.1) is 0 Å². The molecule has 0 N–H and O–H groups in total. The van der Waals surface area contributed by atoms with Crippen molar-refractivity contribution in [1.29, 1.82) is 0 Å². The zero-order valence-electron chi connectivity index (χ0n) is 10.7. The fourth-order valence-electron chi connectivity index (χ4n) is 2.39. The number of fused-ring (bicyclic) bond motifs is 1. The molecule has 1 aromatic rings. The summed E-state index contributed by atoms with van der Waals surface area (Å²) < 4.78 is 5.12. The van der Waals surface area contributed by atoms with E-state index < -0.39 is 5.97 Å². The average Bonchev–Trinajstić information content (AvgIpc) is 2.52. The molecule has 1 aliphatic rings. The van der Waals surface area contributed by atoms with Crippen LogP contribution in [0.3, 0.4) is 0 Å². The molecule has 0 aromatic heterocycles. The van der Waals surface area contributed by atoms with Gasteiger partial charge >= 0.3 is 29.6 Å². The summed E-state index contributed by atoms with van der Waals surface area (Å²) in [6.45, 7) is 0. The fourth-order valence-corrected chi connectivity index (χ4v) is 2.71. The monoisotopic (exact) mass is 276 g/mol. The summed E-state index contributed by atoms with van der Waals surface area (Å²) in [5.41, 5.74) is 1.97. The molecule has 0 atom stereocenters. The Morgan fingerprint density at radius 1 is 1.33 bits per heavy atom. The molecule has 0 bridgehead atoms. The number of hydrogen-bond donors (Lipinski definition) is 0. The zero-order chi connectivity index (χ0) is 12.4. The van der Waals surface area contributed by atoms with E-state index in [1.165, 1.54) is 7.11 Å². The third-order valence-electron chi connectivity index (χ3n) is 3.23. The molecule has 0 heterocycles. The van der Waals surface area contributed by atoms with Gasteiger partial charge in [-0.1, -0.05) is 18.0 Å². The minimum atomic E-state index is -1.22. The molecular weight excluding hydrogens is 263 g/mol.